The van der Waals surface area contributed by atoms with Gasteiger partial charge in [-0.2, -0.15) is 0 Å². The van der Waals surface area contributed by atoms with E-state index in [4.69, 9.17) is 0 Å². The zero-order valence-electron chi connectivity index (χ0n) is 18.6. The second-order valence-corrected chi connectivity index (χ2v) is 68.0. The molecule has 0 bridgehead atoms. The van der Waals surface area contributed by atoms with Crippen molar-refractivity contribution in [2.24, 2.45) is 11.8 Å². The van der Waals surface area contributed by atoms with E-state index < -0.39 is 14.4 Å². The monoisotopic (exact) mass is 480 g/mol. The molecule has 2 heteroatoms. The summed E-state index contributed by atoms with van der Waals surface area (Å²) < 4.78 is 11.8. The summed E-state index contributed by atoms with van der Waals surface area (Å²) in [6, 6.07) is 11.9. The van der Waals surface area contributed by atoms with Crippen LogP contribution in [-0.4, -0.2) is 6.88 Å². The molecule has 2 saturated carbocycles. The summed E-state index contributed by atoms with van der Waals surface area (Å²) in [5, 5.41) is 0. The molecule has 0 saturated heterocycles. The first-order valence-electron chi connectivity index (χ1n) is 11.9. The van der Waals surface area contributed by atoms with Crippen LogP contribution < -0.4 is 3.27 Å². The molecule has 1 aromatic carbocycles. The molecule has 29 heavy (non-hydrogen) atoms. The van der Waals surface area contributed by atoms with Crippen molar-refractivity contribution in [3.8, 4) is 0 Å². The average Bonchev–Trinajstić information content (AvgIpc) is 3.35. The van der Waals surface area contributed by atoms with Gasteiger partial charge in [0.2, 0.25) is 0 Å². The normalized spacial score (nSPS) is 34.8. The average molecular weight is 482 g/mol. The van der Waals surface area contributed by atoms with Crippen molar-refractivity contribution in [2.75, 3.05) is 0 Å². The molecule has 0 radical (unpaired) electrons. The summed E-state index contributed by atoms with van der Waals surface area (Å²) >= 11 is -4.55. The van der Waals surface area contributed by atoms with Crippen LogP contribution in [0, 0.1) is 11.8 Å². The van der Waals surface area contributed by atoms with E-state index >= 15 is 0 Å². The number of fused-ring (bicyclic) bond motifs is 2. The van der Waals surface area contributed by atoms with Crippen molar-refractivity contribution < 1.29 is 14.4 Å². The number of hydrogen-bond donors (Lipinski definition) is 0. The van der Waals surface area contributed by atoms with Gasteiger partial charge in [0.15, 0.2) is 0 Å². The van der Waals surface area contributed by atoms with Gasteiger partial charge < -0.3 is 0 Å². The van der Waals surface area contributed by atoms with Crippen LogP contribution in [0.15, 0.2) is 77.9 Å². The summed E-state index contributed by atoms with van der Waals surface area (Å²) in [4.78, 5) is 0. The van der Waals surface area contributed by atoms with Gasteiger partial charge in [-0.15, -0.1) is 0 Å². The second kappa shape index (κ2) is 5.55. The van der Waals surface area contributed by atoms with Gasteiger partial charge in [-0.05, 0) is 0 Å². The quantitative estimate of drug-likeness (QED) is 0.410. The van der Waals surface area contributed by atoms with E-state index in [1.54, 1.807) is 14.4 Å². The van der Waals surface area contributed by atoms with Crippen LogP contribution in [-0.2, 0) is 14.4 Å². The number of allylic oxidation sites excluding steroid dienone is 8. The van der Waals surface area contributed by atoms with Gasteiger partial charge >= 0.3 is 174 Å². The topological polar surface area (TPSA) is 0 Å². The van der Waals surface area contributed by atoms with E-state index in [0.717, 1.165) is 19.1 Å². The molecule has 4 atom stereocenters. The fraction of sp³-hybridized carbons (Fsp3) is 0.481. The maximum atomic E-state index is 2.86. The second-order valence-electron chi connectivity index (χ2n) is 13.8. The van der Waals surface area contributed by atoms with Crippen LogP contribution in [0.25, 0.3) is 0 Å². The minimum absolute atomic E-state index is 0.734. The number of benzene rings is 1. The molecule has 4 aliphatic carbocycles. The standard InChI is InChI=1S/2C9H11.C6H5.3CH3.H2Si.Zr/c2*1-2-5-9-7-3-6-8(9)4-1;1-2-4-6-5-3-1;;;;;/h2*1-2,4,6,9H,3,5,7H2;1-5H;3*1H3;1H2;. The van der Waals surface area contributed by atoms with Gasteiger partial charge in [0.1, 0.15) is 0 Å². The Labute approximate surface area is 173 Å². The minimum atomic E-state index is -4.55. The molecule has 0 spiro atoms. The van der Waals surface area contributed by atoms with E-state index in [9.17, 15) is 0 Å². The predicted molar refractivity (Wildman–Crippen MR) is 129 cm³/mol. The van der Waals surface area contributed by atoms with Gasteiger partial charge in [-0.3, -0.25) is 0 Å². The van der Waals surface area contributed by atoms with Crippen molar-refractivity contribution in [3.63, 3.8) is 0 Å². The molecule has 0 N–H and O–H groups in total. The zero-order valence-corrected chi connectivity index (χ0v) is 22.5. The summed E-state index contributed by atoms with van der Waals surface area (Å²) in [7, 11) is 0. The van der Waals surface area contributed by atoms with Gasteiger partial charge in [-0.1, -0.05) is 0 Å². The van der Waals surface area contributed by atoms with Crippen molar-refractivity contribution in [1.82, 2.24) is 0 Å². The van der Waals surface area contributed by atoms with Crippen molar-refractivity contribution in [1.29, 1.82) is 0 Å². The summed E-state index contributed by atoms with van der Waals surface area (Å²) in [6.07, 6.45) is 22.6. The van der Waals surface area contributed by atoms with Crippen LogP contribution in [0.3, 0.4) is 0 Å². The van der Waals surface area contributed by atoms with Crippen LogP contribution >= 0.6 is 0 Å². The van der Waals surface area contributed by atoms with Crippen LogP contribution in [0.1, 0.15) is 38.5 Å². The van der Waals surface area contributed by atoms with Gasteiger partial charge in [0, 0.05) is 0 Å². The fourth-order valence-corrected chi connectivity index (χ4v) is 40.0. The van der Waals surface area contributed by atoms with Crippen molar-refractivity contribution in [3.05, 3.63) is 77.9 Å². The van der Waals surface area contributed by atoms with Crippen LogP contribution in [0.5, 0.6) is 0 Å². The third-order valence-corrected chi connectivity index (χ3v) is 46.0. The first-order valence-corrected chi connectivity index (χ1v) is 29.3. The molecule has 0 aliphatic heterocycles. The Bertz CT molecular complexity index is 1050. The van der Waals surface area contributed by atoms with Crippen molar-refractivity contribution >= 4 is 10.2 Å². The van der Waals surface area contributed by atoms with E-state index in [1.165, 1.54) is 38.5 Å². The van der Waals surface area contributed by atoms with Crippen LogP contribution in [0.4, 0.5) is 0 Å². The van der Waals surface area contributed by atoms with Crippen molar-refractivity contribution in [2.45, 2.75) is 59.7 Å². The van der Waals surface area contributed by atoms with E-state index in [2.05, 4.69) is 87.6 Å². The molecule has 0 aromatic heterocycles. The maximum absolute atomic E-state index is 4.55. The molecule has 2 fully saturated rings. The van der Waals surface area contributed by atoms with Gasteiger partial charge in [0.05, 0.1) is 0 Å². The molecule has 0 nitrogen and oxygen atoms in total. The molecule has 5 rings (SSSR count). The Kier molecular flexibility index (Phi) is 3.86. The molecule has 0 heterocycles. The van der Waals surface area contributed by atoms with E-state index in [1.807, 2.05) is 0 Å². The Balaban J connectivity index is 1.86. The molecule has 1 aromatic rings. The fourth-order valence-electron chi connectivity index (χ4n) is 8.70. The summed E-state index contributed by atoms with van der Waals surface area (Å²) in [5.41, 5.74) is 3.60. The van der Waals surface area contributed by atoms with E-state index in [0.29, 0.717) is 0 Å². The number of hydrogen-bond acceptors (Lipinski definition) is 0. The van der Waals surface area contributed by atoms with Crippen LogP contribution in [0.2, 0.25) is 21.1 Å². The Morgan fingerprint density at radius 3 is 1.69 bits per heavy atom. The first-order chi connectivity index (χ1) is 13.6. The third kappa shape index (κ3) is 2.51. The van der Waals surface area contributed by atoms with Gasteiger partial charge in [-0.25, -0.2) is 0 Å². The molecular formula is C27H38SiZr. The zero-order chi connectivity index (χ0) is 20.4. The summed E-state index contributed by atoms with van der Waals surface area (Å²) in [6.45, 7) is 2.54. The molecule has 0 amide bonds. The Hall–Kier alpha value is -0.720. The molecule has 154 valence electrons. The Morgan fingerprint density at radius 1 is 0.724 bits per heavy atom. The van der Waals surface area contributed by atoms with E-state index in [-0.39, 0.29) is 0 Å². The Morgan fingerprint density at radius 2 is 1.21 bits per heavy atom. The molecule has 4 aliphatic rings. The number of rotatable bonds is 3. The predicted octanol–water partition coefficient (Wildman–Crippen LogP) is 6.93. The molecular weight excluding hydrogens is 444 g/mol. The third-order valence-electron chi connectivity index (χ3n) is 10.6. The van der Waals surface area contributed by atoms with Gasteiger partial charge in [0.25, 0.3) is 0 Å². The first kappa shape index (κ1) is 20.2. The SMILES string of the molecule is [CH3][Zr]([CH3])([CH3])(=[SiH2])([c]1ccccc1)([CH]1CCC2CC=CC=C21)[CH]1CCC2CC=CC=C21. The summed E-state index contributed by atoms with van der Waals surface area (Å²) in [5.74, 6) is 1.57. The molecule has 4 unspecified atom stereocenters.